The molecule has 7 nitrogen and oxygen atoms in total. The summed E-state index contributed by atoms with van der Waals surface area (Å²) in [5.74, 6) is 0.251. The molecule has 0 fully saturated rings. The first-order valence-electron chi connectivity index (χ1n) is 8.58. The summed E-state index contributed by atoms with van der Waals surface area (Å²) in [4.78, 5) is 31.7. The van der Waals surface area contributed by atoms with Crippen molar-refractivity contribution in [2.24, 2.45) is 10.7 Å². The normalized spacial score (nSPS) is 10.7. The van der Waals surface area contributed by atoms with Gasteiger partial charge in [0, 0.05) is 32.2 Å². The van der Waals surface area contributed by atoms with E-state index in [0.717, 1.165) is 5.56 Å². The molecule has 0 aliphatic rings. The second-order valence-electron chi connectivity index (χ2n) is 5.66. The Morgan fingerprint density at radius 3 is 2.38 bits per heavy atom. The number of nitrogens with zero attached hydrogens (tertiary/aromatic N) is 3. The molecule has 0 spiro atoms. The molecule has 2 amide bonds. The van der Waals surface area contributed by atoms with E-state index in [1.54, 1.807) is 23.1 Å². The van der Waals surface area contributed by atoms with Crippen molar-refractivity contribution in [3.63, 3.8) is 0 Å². The van der Waals surface area contributed by atoms with Crippen LogP contribution in [0.1, 0.15) is 36.7 Å². The molecule has 0 radical (unpaired) electrons. The molecule has 3 N–H and O–H groups in total. The predicted octanol–water partition coefficient (Wildman–Crippen LogP) is 1.67. The molecule has 1 aromatic carbocycles. The van der Waals surface area contributed by atoms with Crippen LogP contribution in [-0.2, 0) is 11.3 Å². The second-order valence-corrected chi connectivity index (χ2v) is 5.66. The molecule has 0 atom stereocenters. The summed E-state index contributed by atoms with van der Waals surface area (Å²) < 4.78 is 0. The first-order chi connectivity index (χ1) is 11.9. The number of amides is 2. The topological polar surface area (TPSA) is 91.0 Å². The van der Waals surface area contributed by atoms with Gasteiger partial charge in [0.15, 0.2) is 5.96 Å². The van der Waals surface area contributed by atoms with Crippen molar-refractivity contribution in [3.8, 4) is 0 Å². The highest BCUT2D eigenvalue weighted by atomic mass is 127. The van der Waals surface area contributed by atoms with E-state index >= 15 is 0 Å². The molecule has 0 aliphatic carbocycles. The lowest BCUT2D eigenvalue weighted by Crippen LogP contribution is -2.45. The fourth-order valence-electron chi connectivity index (χ4n) is 2.41. The van der Waals surface area contributed by atoms with Gasteiger partial charge in [-0.05, 0) is 38.5 Å². The first-order valence-corrected chi connectivity index (χ1v) is 8.58. The smallest absolute Gasteiger partial charge is 0.248 e. The van der Waals surface area contributed by atoms with Crippen LogP contribution in [0.4, 0.5) is 0 Å². The number of rotatable bonds is 8. The number of likely N-dealkylation sites (N-methyl/N-ethyl adjacent to an activating group) is 2. The third-order valence-corrected chi connectivity index (χ3v) is 3.81. The van der Waals surface area contributed by atoms with E-state index in [0.29, 0.717) is 37.7 Å². The summed E-state index contributed by atoms with van der Waals surface area (Å²) >= 11 is 0. The summed E-state index contributed by atoms with van der Waals surface area (Å²) in [5.41, 5.74) is 6.65. The lowest BCUT2D eigenvalue weighted by molar-refractivity contribution is -0.131. The molecular weight excluding hydrogens is 445 g/mol. The number of hydrogen-bond donors (Lipinski definition) is 2. The number of guanidine groups is 1. The lowest BCUT2D eigenvalue weighted by Gasteiger charge is -2.25. The van der Waals surface area contributed by atoms with Crippen LogP contribution in [0.15, 0.2) is 29.3 Å². The van der Waals surface area contributed by atoms with Crippen molar-refractivity contribution in [2.45, 2.75) is 27.3 Å². The zero-order chi connectivity index (χ0) is 18.8. The van der Waals surface area contributed by atoms with Gasteiger partial charge in [0.1, 0.15) is 0 Å². The molecule has 1 aromatic rings. The third kappa shape index (κ3) is 7.59. The number of nitrogens with one attached hydrogen (secondary N) is 1. The van der Waals surface area contributed by atoms with Gasteiger partial charge in [-0.1, -0.05) is 12.1 Å². The highest BCUT2D eigenvalue weighted by Gasteiger charge is 2.15. The van der Waals surface area contributed by atoms with Gasteiger partial charge < -0.3 is 20.9 Å². The van der Waals surface area contributed by atoms with Gasteiger partial charge in [-0.3, -0.25) is 9.59 Å². The van der Waals surface area contributed by atoms with E-state index in [2.05, 4.69) is 10.3 Å². The molecule has 26 heavy (non-hydrogen) atoms. The second kappa shape index (κ2) is 12.5. The Morgan fingerprint density at radius 2 is 1.85 bits per heavy atom. The quantitative estimate of drug-likeness (QED) is 0.340. The van der Waals surface area contributed by atoms with Crippen molar-refractivity contribution in [1.82, 2.24) is 15.1 Å². The Morgan fingerprint density at radius 1 is 1.19 bits per heavy atom. The molecule has 0 saturated carbocycles. The number of hydrogen-bond acceptors (Lipinski definition) is 3. The molecule has 0 aliphatic heterocycles. The zero-order valence-electron chi connectivity index (χ0n) is 16.0. The molecule has 0 aromatic heterocycles. The molecule has 0 saturated heterocycles. The maximum Gasteiger partial charge on any atom is 0.248 e. The molecule has 0 bridgehead atoms. The van der Waals surface area contributed by atoms with Gasteiger partial charge in [0.05, 0.1) is 13.1 Å². The SMILES string of the molecule is CCNC(=NCc1cccc(C(N)=O)c1)N(C)CC(=O)N(CC)CC.I. The van der Waals surface area contributed by atoms with Gasteiger partial charge in [0.25, 0.3) is 0 Å². The van der Waals surface area contributed by atoms with Crippen molar-refractivity contribution in [2.75, 3.05) is 33.2 Å². The van der Waals surface area contributed by atoms with Crippen LogP contribution in [0.5, 0.6) is 0 Å². The van der Waals surface area contributed by atoms with Crippen LogP contribution < -0.4 is 11.1 Å². The minimum absolute atomic E-state index is 0. The summed E-state index contributed by atoms with van der Waals surface area (Å²) in [6, 6.07) is 7.08. The van der Waals surface area contributed by atoms with E-state index < -0.39 is 5.91 Å². The number of benzene rings is 1. The Kier molecular flexibility index (Phi) is 11.6. The fourth-order valence-corrected chi connectivity index (χ4v) is 2.41. The van der Waals surface area contributed by atoms with E-state index in [1.807, 2.05) is 38.8 Å². The zero-order valence-corrected chi connectivity index (χ0v) is 18.3. The van der Waals surface area contributed by atoms with E-state index in [4.69, 9.17) is 5.73 Å². The van der Waals surface area contributed by atoms with Crippen molar-refractivity contribution in [1.29, 1.82) is 0 Å². The molecule has 1 rings (SSSR count). The summed E-state index contributed by atoms with van der Waals surface area (Å²) in [5, 5.41) is 3.18. The number of carbonyl (C=O) groups excluding carboxylic acids is 2. The number of halogens is 1. The summed E-state index contributed by atoms with van der Waals surface area (Å²) in [6.45, 7) is 8.64. The Bertz CT molecular complexity index is 617. The van der Waals surface area contributed by atoms with Crippen LogP contribution in [0.25, 0.3) is 0 Å². The monoisotopic (exact) mass is 475 g/mol. The molecule has 0 unspecified atom stereocenters. The Labute approximate surface area is 173 Å². The van der Waals surface area contributed by atoms with Gasteiger partial charge >= 0.3 is 0 Å². The molecule has 146 valence electrons. The highest BCUT2D eigenvalue weighted by molar-refractivity contribution is 14.0. The molecule has 0 heterocycles. The minimum Gasteiger partial charge on any atom is -0.366 e. The largest absolute Gasteiger partial charge is 0.366 e. The number of aliphatic imine (C=N–C) groups is 1. The van der Waals surface area contributed by atoms with Gasteiger partial charge in [-0.25, -0.2) is 4.99 Å². The van der Waals surface area contributed by atoms with Crippen LogP contribution in [0.3, 0.4) is 0 Å². The number of primary amides is 1. The van der Waals surface area contributed by atoms with Gasteiger partial charge in [-0.2, -0.15) is 0 Å². The fraction of sp³-hybridized carbons (Fsp3) is 0.500. The highest BCUT2D eigenvalue weighted by Crippen LogP contribution is 2.06. The van der Waals surface area contributed by atoms with Gasteiger partial charge in [-0.15, -0.1) is 24.0 Å². The van der Waals surface area contributed by atoms with Crippen molar-refractivity contribution in [3.05, 3.63) is 35.4 Å². The Hall–Kier alpha value is -1.84. The number of carbonyl (C=O) groups is 2. The predicted molar refractivity (Wildman–Crippen MR) is 116 cm³/mol. The maximum atomic E-state index is 12.3. The van der Waals surface area contributed by atoms with E-state index in [9.17, 15) is 9.59 Å². The first kappa shape index (κ1) is 24.2. The van der Waals surface area contributed by atoms with E-state index in [1.165, 1.54) is 0 Å². The average Bonchev–Trinajstić information content (AvgIpc) is 2.59. The standard InChI is InChI=1S/C18H29N5O2.HI/c1-5-20-18(22(4)13-16(24)23(6-2)7-3)21-12-14-9-8-10-15(11-14)17(19)25;/h8-11H,5-7,12-13H2,1-4H3,(H2,19,25)(H,20,21);1H. The number of nitrogens with two attached hydrogens (primary N) is 1. The van der Waals surface area contributed by atoms with Crippen molar-refractivity contribution >= 4 is 41.8 Å². The third-order valence-electron chi connectivity index (χ3n) is 3.81. The van der Waals surface area contributed by atoms with Crippen LogP contribution in [-0.4, -0.2) is 60.8 Å². The van der Waals surface area contributed by atoms with Crippen LogP contribution in [0.2, 0.25) is 0 Å². The van der Waals surface area contributed by atoms with E-state index in [-0.39, 0.29) is 36.4 Å². The Balaban J connectivity index is 0.00000625. The average molecular weight is 475 g/mol. The summed E-state index contributed by atoms with van der Waals surface area (Å²) in [7, 11) is 1.84. The lowest BCUT2D eigenvalue weighted by atomic mass is 10.1. The molecule has 8 heteroatoms. The minimum atomic E-state index is -0.459. The van der Waals surface area contributed by atoms with Crippen molar-refractivity contribution < 1.29 is 9.59 Å². The maximum absolute atomic E-state index is 12.3. The summed E-state index contributed by atoms with van der Waals surface area (Å²) in [6.07, 6.45) is 0. The van der Waals surface area contributed by atoms with Gasteiger partial charge in [0.2, 0.25) is 11.8 Å². The molecular formula is C18H30IN5O2. The van der Waals surface area contributed by atoms with Crippen LogP contribution >= 0.6 is 24.0 Å². The van der Waals surface area contributed by atoms with Crippen LogP contribution in [0, 0.1) is 0 Å².